The van der Waals surface area contributed by atoms with Crippen LogP contribution < -0.4 is 29.8 Å². The highest BCUT2D eigenvalue weighted by Gasteiger charge is 2.12. The number of aliphatic hydroxyl groups is 1. The predicted octanol–water partition coefficient (Wildman–Crippen LogP) is 2.47. The topological polar surface area (TPSA) is 115 Å². The Kier molecular flexibility index (Phi) is 9.83. The maximum Gasteiger partial charge on any atom is 0.240 e. The molecule has 0 bridgehead atoms. The number of aliphatic hydroxyl groups excluding tert-OH is 1. The Morgan fingerprint density at radius 2 is 1.66 bits per heavy atom. The fourth-order valence-electron chi connectivity index (χ4n) is 2.80. The van der Waals surface area contributed by atoms with Crippen molar-refractivity contribution in [3.05, 3.63) is 46.9 Å². The van der Waals surface area contributed by atoms with Gasteiger partial charge in [0.25, 0.3) is 0 Å². The van der Waals surface area contributed by atoms with Crippen LogP contribution >= 0.6 is 0 Å². The maximum atomic E-state index is 12.7. The summed E-state index contributed by atoms with van der Waals surface area (Å²) in [6, 6.07) is 8.68. The molecule has 0 heterocycles. The van der Waals surface area contributed by atoms with Crippen molar-refractivity contribution in [3.8, 4) is 23.0 Å². The van der Waals surface area contributed by atoms with Gasteiger partial charge in [-0.3, -0.25) is 19.9 Å². The minimum absolute atomic E-state index is 0.0257. The Bertz CT molecular complexity index is 954. The predicted molar refractivity (Wildman–Crippen MR) is 123 cm³/mol. The third kappa shape index (κ3) is 6.89. The van der Waals surface area contributed by atoms with Gasteiger partial charge in [-0.2, -0.15) is 0 Å². The maximum absolute atomic E-state index is 12.7. The zero-order valence-electron chi connectivity index (χ0n) is 18.5. The van der Waals surface area contributed by atoms with Crippen molar-refractivity contribution in [1.82, 2.24) is 5.43 Å². The molecule has 0 aliphatic rings. The molecule has 1 atom stereocenters. The smallest absolute Gasteiger partial charge is 0.240 e. The molecule has 1 unspecified atom stereocenters. The summed E-state index contributed by atoms with van der Waals surface area (Å²) >= 11 is 0. The second-order valence-electron chi connectivity index (χ2n) is 6.45. The van der Waals surface area contributed by atoms with E-state index in [0.717, 1.165) is 5.56 Å². The van der Waals surface area contributed by atoms with Crippen LogP contribution in [0.5, 0.6) is 23.0 Å². The molecule has 174 valence electrons. The molecule has 32 heavy (non-hydrogen) atoms. The summed E-state index contributed by atoms with van der Waals surface area (Å²) in [5.41, 5.74) is 7.16. The number of carbonyl (C=O) groups is 1. The molecule has 2 rings (SSSR count). The molecule has 0 aliphatic carbocycles. The van der Waals surface area contributed by atoms with Gasteiger partial charge in [-0.25, -0.2) is 0 Å². The Balaban J connectivity index is 2.17. The molecule has 9 nitrogen and oxygen atoms in total. The molecular formula is C22H28N2O7S. The molecule has 0 radical (unpaired) electrons. The fourth-order valence-corrected chi connectivity index (χ4v) is 3.69. The second-order valence-corrected chi connectivity index (χ2v) is 7.78. The van der Waals surface area contributed by atoms with Crippen LogP contribution in [0.25, 0.3) is 6.08 Å². The first kappa shape index (κ1) is 25.0. The van der Waals surface area contributed by atoms with Crippen molar-refractivity contribution in [3.63, 3.8) is 0 Å². The lowest BCUT2D eigenvalue weighted by Gasteiger charge is -2.13. The summed E-state index contributed by atoms with van der Waals surface area (Å²) in [6.07, 6.45) is 1.66. The quantitative estimate of drug-likeness (QED) is 0.411. The number of rotatable bonds is 12. The van der Waals surface area contributed by atoms with E-state index in [1.165, 1.54) is 21.3 Å². The number of methoxy groups -OCH3 is 4. The van der Waals surface area contributed by atoms with Crippen molar-refractivity contribution in [1.29, 1.82) is 0 Å². The van der Waals surface area contributed by atoms with Crippen LogP contribution in [0, 0.1) is 0 Å². The molecule has 0 saturated carbocycles. The lowest BCUT2D eigenvalue weighted by Crippen LogP contribution is -2.30. The lowest BCUT2D eigenvalue weighted by atomic mass is 10.1. The average Bonchev–Trinajstić information content (AvgIpc) is 2.81. The third-order valence-electron chi connectivity index (χ3n) is 4.39. The number of benzene rings is 2. The number of amides is 1. The summed E-state index contributed by atoms with van der Waals surface area (Å²) in [5, 5.41) is 10.4. The van der Waals surface area contributed by atoms with Crippen molar-refractivity contribution in [2.75, 3.05) is 40.5 Å². The minimum Gasteiger partial charge on any atom is -0.496 e. The number of hydrazine groups is 1. The van der Waals surface area contributed by atoms with Crippen LogP contribution in [-0.2, 0) is 21.3 Å². The van der Waals surface area contributed by atoms with Gasteiger partial charge < -0.3 is 24.1 Å². The molecule has 0 spiro atoms. The van der Waals surface area contributed by atoms with E-state index in [9.17, 15) is 9.00 Å². The first-order valence-electron chi connectivity index (χ1n) is 9.63. The number of carbonyl (C=O) groups excluding carboxylic acids is 1. The van der Waals surface area contributed by atoms with E-state index in [1.54, 1.807) is 48.9 Å². The first-order valence-corrected chi connectivity index (χ1v) is 11.0. The first-order chi connectivity index (χ1) is 15.4. The zero-order valence-corrected chi connectivity index (χ0v) is 19.3. The molecule has 0 aromatic heterocycles. The molecule has 1 amide bonds. The molecular weight excluding hydrogens is 436 g/mol. The van der Waals surface area contributed by atoms with Gasteiger partial charge in [0.2, 0.25) is 5.91 Å². The average molecular weight is 465 g/mol. The minimum atomic E-state index is -1.34. The second kappa shape index (κ2) is 12.6. The Hall–Kier alpha value is -3.24. The summed E-state index contributed by atoms with van der Waals surface area (Å²) in [4.78, 5) is 11.6. The highest BCUT2D eigenvalue weighted by molar-refractivity contribution is 7.87. The van der Waals surface area contributed by atoms with E-state index in [1.807, 2.05) is 0 Å². The molecule has 10 heteroatoms. The third-order valence-corrected chi connectivity index (χ3v) is 5.45. The van der Waals surface area contributed by atoms with E-state index >= 15 is 0 Å². The molecule has 0 fully saturated rings. The normalized spacial score (nSPS) is 11.7. The van der Waals surface area contributed by atoms with Gasteiger partial charge in [0.15, 0.2) is 0 Å². The van der Waals surface area contributed by atoms with Gasteiger partial charge in [0.05, 0.1) is 69.3 Å². The van der Waals surface area contributed by atoms with E-state index in [0.29, 0.717) is 34.2 Å². The number of hydrogen-bond acceptors (Lipinski definition) is 8. The van der Waals surface area contributed by atoms with E-state index in [4.69, 9.17) is 24.1 Å². The molecule has 0 aliphatic heterocycles. The van der Waals surface area contributed by atoms with Gasteiger partial charge in [-0.05, 0) is 23.8 Å². The van der Waals surface area contributed by atoms with Crippen LogP contribution in [0.4, 0.5) is 5.69 Å². The van der Waals surface area contributed by atoms with Crippen molar-refractivity contribution < 1.29 is 33.1 Å². The Morgan fingerprint density at radius 1 is 1.00 bits per heavy atom. The number of anilines is 1. The SMILES string of the molecule is COc1cc(OC)c(C=CS(=O)Cc2ccc(OC)c(NNC(=O)CCO)c2)c(OC)c1. The Morgan fingerprint density at radius 3 is 2.22 bits per heavy atom. The van der Waals surface area contributed by atoms with Crippen LogP contribution in [0.1, 0.15) is 17.5 Å². The summed E-state index contributed by atoms with van der Waals surface area (Å²) in [7, 11) is 4.78. The van der Waals surface area contributed by atoms with Crippen molar-refractivity contribution >= 4 is 28.5 Å². The number of nitrogens with one attached hydrogen (secondary N) is 2. The molecule has 2 aromatic carbocycles. The molecule has 3 N–H and O–H groups in total. The molecule has 0 saturated heterocycles. The largest absolute Gasteiger partial charge is 0.496 e. The highest BCUT2D eigenvalue weighted by atomic mass is 32.2. The van der Waals surface area contributed by atoms with E-state index in [-0.39, 0.29) is 24.7 Å². The molecule has 2 aromatic rings. The lowest BCUT2D eigenvalue weighted by molar-refractivity contribution is -0.121. The van der Waals surface area contributed by atoms with Gasteiger partial charge in [-0.1, -0.05) is 6.07 Å². The van der Waals surface area contributed by atoms with Crippen LogP contribution in [0.3, 0.4) is 0 Å². The zero-order chi connectivity index (χ0) is 23.5. The monoisotopic (exact) mass is 464 g/mol. The summed E-state index contributed by atoms with van der Waals surface area (Å²) < 4.78 is 34.0. The standard InChI is InChI=1S/C22H28N2O7S/c1-28-16-12-20(30-3)17(21(13-16)31-4)8-10-32(27)14-15-5-6-19(29-2)18(11-15)23-24-22(26)7-9-25/h5-6,8,10-13,23,25H,7,9,14H2,1-4H3,(H,24,26). The van der Waals surface area contributed by atoms with Gasteiger partial charge in [0, 0.05) is 17.5 Å². The summed E-state index contributed by atoms with van der Waals surface area (Å²) in [5.74, 6) is 2.02. The van der Waals surface area contributed by atoms with E-state index < -0.39 is 10.8 Å². The van der Waals surface area contributed by atoms with Crippen LogP contribution in [0.15, 0.2) is 35.7 Å². The van der Waals surface area contributed by atoms with Gasteiger partial charge in [0.1, 0.15) is 23.0 Å². The van der Waals surface area contributed by atoms with Crippen LogP contribution in [-0.4, -0.2) is 50.3 Å². The Labute approximate surface area is 189 Å². The number of hydrogen-bond donors (Lipinski definition) is 3. The number of ether oxygens (including phenoxy) is 4. The fraction of sp³-hybridized carbons (Fsp3) is 0.318. The summed E-state index contributed by atoms with van der Waals surface area (Å²) in [6.45, 7) is -0.250. The van der Waals surface area contributed by atoms with E-state index in [2.05, 4.69) is 10.9 Å². The van der Waals surface area contributed by atoms with Crippen molar-refractivity contribution in [2.45, 2.75) is 12.2 Å². The van der Waals surface area contributed by atoms with Gasteiger partial charge in [-0.15, -0.1) is 0 Å². The van der Waals surface area contributed by atoms with Gasteiger partial charge >= 0.3 is 0 Å². The highest BCUT2D eigenvalue weighted by Crippen LogP contribution is 2.35. The van der Waals surface area contributed by atoms with Crippen molar-refractivity contribution in [2.24, 2.45) is 0 Å². The van der Waals surface area contributed by atoms with Crippen LogP contribution in [0.2, 0.25) is 0 Å².